The van der Waals surface area contributed by atoms with Gasteiger partial charge in [-0.1, -0.05) is 17.2 Å². The molecule has 3 heterocycles. The van der Waals surface area contributed by atoms with Gasteiger partial charge < -0.3 is 25.0 Å². The Kier molecular flexibility index (Phi) is 5.63. The zero-order chi connectivity index (χ0) is 21.1. The van der Waals surface area contributed by atoms with E-state index in [9.17, 15) is 10.2 Å². The number of nitrogens with zero attached hydrogens (tertiary/aromatic N) is 7. The van der Waals surface area contributed by atoms with Crippen LogP contribution in [0.2, 0.25) is 0 Å². The van der Waals surface area contributed by atoms with Gasteiger partial charge in [0.1, 0.15) is 24.3 Å². The van der Waals surface area contributed by atoms with E-state index in [0.717, 1.165) is 11.3 Å². The second-order valence-corrected chi connectivity index (χ2v) is 6.71. The predicted octanol–water partition coefficient (Wildman–Crippen LogP) is 1.38. The number of aromatic nitrogens is 4. The highest BCUT2D eigenvalue weighted by Crippen LogP contribution is 2.32. The lowest BCUT2D eigenvalue weighted by molar-refractivity contribution is -0.0321. The van der Waals surface area contributed by atoms with Gasteiger partial charge in [0, 0.05) is 11.5 Å². The number of imidazole rings is 1. The highest BCUT2D eigenvalue weighted by Gasteiger charge is 2.43. The summed E-state index contributed by atoms with van der Waals surface area (Å²) in [5.74, 6) is 1.30. The fourth-order valence-corrected chi connectivity index (χ4v) is 3.32. The van der Waals surface area contributed by atoms with Gasteiger partial charge in [-0.2, -0.15) is 0 Å². The number of fused-ring (bicyclic) bond motifs is 1. The normalized spacial score (nSPS) is 23.3. The molecule has 1 aromatic carbocycles. The molecule has 1 unspecified atom stereocenters. The summed E-state index contributed by atoms with van der Waals surface area (Å²) in [6, 6.07) is 7.63. The van der Waals surface area contributed by atoms with E-state index < -0.39 is 24.5 Å². The molecule has 1 fully saturated rings. The smallest absolute Gasteiger partial charge is 0.167 e. The Balaban J connectivity index is 1.55. The van der Waals surface area contributed by atoms with Crippen LogP contribution in [-0.4, -0.2) is 61.7 Å². The van der Waals surface area contributed by atoms with Crippen molar-refractivity contribution < 1.29 is 19.7 Å². The van der Waals surface area contributed by atoms with Crippen LogP contribution >= 0.6 is 0 Å². The Morgan fingerprint density at radius 1 is 1.23 bits per heavy atom. The SMILES string of the molecule is COc1ccc(CNc2ncnc3c2ncn3[C@@H]2O[C@H](CN=[N+]=[N-])C(O)[C@@H]2O)cc1. The van der Waals surface area contributed by atoms with Gasteiger partial charge in [-0.3, -0.25) is 4.57 Å². The first kappa shape index (κ1) is 19.9. The second-order valence-electron chi connectivity index (χ2n) is 6.71. The van der Waals surface area contributed by atoms with E-state index in [0.29, 0.717) is 23.5 Å². The zero-order valence-corrected chi connectivity index (χ0v) is 16.0. The van der Waals surface area contributed by atoms with E-state index in [-0.39, 0.29) is 6.54 Å². The van der Waals surface area contributed by atoms with Gasteiger partial charge in [-0.05, 0) is 23.2 Å². The molecule has 30 heavy (non-hydrogen) atoms. The van der Waals surface area contributed by atoms with Gasteiger partial charge in [0.25, 0.3) is 0 Å². The minimum absolute atomic E-state index is 0.0957. The molecule has 0 spiro atoms. The largest absolute Gasteiger partial charge is 0.497 e. The van der Waals surface area contributed by atoms with Crippen molar-refractivity contribution in [2.75, 3.05) is 19.0 Å². The number of hydrogen-bond donors (Lipinski definition) is 3. The number of methoxy groups -OCH3 is 1. The number of azide groups is 1. The summed E-state index contributed by atoms with van der Waals surface area (Å²) in [5, 5.41) is 27.2. The van der Waals surface area contributed by atoms with Crippen molar-refractivity contribution in [2.45, 2.75) is 31.1 Å². The molecule has 0 amide bonds. The standard InChI is InChI=1S/C18H20N8O4/c1-29-11-4-2-10(3-5-11)6-20-16-13-17(22-8-21-16)26(9-23-13)18-15(28)14(27)12(30-18)7-24-25-19/h2-5,8-9,12,14-15,18,27-28H,6-7H2,1H3,(H,20,21,22)/t12-,14?,15+,18-/m1/s1. The Labute approximate surface area is 170 Å². The quantitative estimate of drug-likeness (QED) is 0.297. The average molecular weight is 412 g/mol. The number of nitrogens with one attached hydrogen (secondary N) is 1. The molecule has 0 saturated carbocycles. The summed E-state index contributed by atoms with van der Waals surface area (Å²) in [5.41, 5.74) is 10.4. The van der Waals surface area contributed by atoms with Crippen molar-refractivity contribution in [1.29, 1.82) is 0 Å². The lowest BCUT2D eigenvalue weighted by atomic mass is 10.1. The molecular weight excluding hydrogens is 392 g/mol. The first-order chi connectivity index (χ1) is 14.6. The van der Waals surface area contributed by atoms with Crippen LogP contribution in [0.25, 0.3) is 21.6 Å². The number of aliphatic hydroxyl groups is 2. The number of benzene rings is 1. The number of rotatable bonds is 7. The van der Waals surface area contributed by atoms with Crippen LogP contribution in [-0.2, 0) is 11.3 Å². The summed E-state index contributed by atoms with van der Waals surface area (Å²) in [4.78, 5) is 15.5. The lowest BCUT2D eigenvalue weighted by Crippen LogP contribution is -2.32. The molecule has 4 atom stereocenters. The lowest BCUT2D eigenvalue weighted by Gasteiger charge is -2.16. The van der Waals surface area contributed by atoms with Crippen LogP contribution in [0.15, 0.2) is 42.0 Å². The van der Waals surface area contributed by atoms with E-state index in [2.05, 4.69) is 30.3 Å². The third-order valence-corrected chi connectivity index (χ3v) is 4.91. The van der Waals surface area contributed by atoms with Crippen molar-refractivity contribution in [3.63, 3.8) is 0 Å². The molecule has 0 radical (unpaired) electrons. The molecule has 1 aliphatic rings. The highest BCUT2D eigenvalue weighted by atomic mass is 16.6. The van der Waals surface area contributed by atoms with Crippen LogP contribution in [0.5, 0.6) is 5.75 Å². The summed E-state index contributed by atoms with van der Waals surface area (Å²) in [7, 11) is 1.62. The summed E-state index contributed by atoms with van der Waals surface area (Å²) >= 11 is 0. The van der Waals surface area contributed by atoms with Gasteiger partial charge in [-0.15, -0.1) is 0 Å². The van der Waals surface area contributed by atoms with Crippen LogP contribution in [0.1, 0.15) is 11.8 Å². The van der Waals surface area contributed by atoms with E-state index >= 15 is 0 Å². The van der Waals surface area contributed by atoms with E-state index in [1.807, 2.05) is 24.3 Å². The number of aliphatic hydroxyl groups excluding tert-OH is 2. The minimum atomic E-state index is -1.23. The van der Waals surface area contributed by atoms with Gasteiger partial charge in [0.05, 0.1) is 26.1 Å². The van der Waals surface area contributed by atoms with Crippen molar-refractivity contribution >= 4 is 17.0 Å². The molecular formula is C18H20N8O4. The van der Waals surface area contributed by atoms with Crippen LogP contribution in [0.4, 0.5) is 5.82 Å². The Morgan fingerprint density at radius 3 is 2.77 bits per heavy atom. The Morgan fingerprint density at radius 2 is 2.03 bits per heavy atom. The summed E-state index contributed by atoms with van der Waals surface area (Å²) in [6.45, 7) is 0.417. The first-order valence-corrected chi connectivity index (χ1v) is 9.19. The molecule has 1 saturated heterocycles. The van der Waals surface area contributed by atoms with Crippen molar-refractivity contribution in [1.82, 2.24) is 19.5 Å². The highest BCUT2D eigenvalue weighted by molar-refractivity contribution is 5.82. The van der Waals surface area contributed by atoms with Crippen molar-refractivity contribution in [2.24, 2.45) is 5.11 Å². The molecule has 0 bridgehead atoms. The third kappa shape index (κ3) is 3.72. The fourth-order valence-electron chi connectivity index (χ4n) is 3.32. The van der Waals surface area contributed by atoms with Crippen LogP contribution in [0.3, 0.4) is 0 Å². The molecule has 156 valence electrons. The molecule has 3 aromatic rings. The Bertz CT molecular complexity index is 1070. The molecule has 4 rings (SSSR count). The van der Waals surface area contributed by atoms with Gasteiger partial charge in [0.15, 0.2) is 23.2 Å². The molecule has 1 aliphatic heterocycles. The van der Waals surface area contributed by atoms with Gasteiger partial charge in [0.2, 0.25) is 0 Å². The molecule has 12 heteroatoms. The van der Waals surface area contributed by atoms with Crippen molar-refractivity contribution in [3.8, 4) is 5.75 Å². The van der Waals surface area contributed by atoms with E-state index in [4.69, 9.17) is 15.0 Å². The number of hydrogen-bond acceptors (Lipinski definition) is 9. The third-order valence-electron chi connectivity index (χ3n) is 4.91. The van der Waals surface area contributed by atoms with Gasteiger partial charge >= 0.3 is 0 Å². The molecule has 0 aliphatic carbocycles. The second kappa shape index (κ2) is 8.51. The topological polar surface area (TPSA) is 163 Å². The summed E-state index contributed by atoms with van der Waals surface area (Å²) in [6.07, 6.45) is -1.33. The molecule has 12 nitrogen and oxygen atoms in total. The predicted molar refractivity (Wildman–Crippen MR) is 106 cm³/mol. The van der Waals surface area contributed by atoms with E-state index in [1.54, 1.807) is 7.11 Å². The van der Waals surface area contributed by atoms with Crippen LogP contribution in [0, 0.1) is 0 Å². The number of ether oxygens (including phenoxy) is 2. The maximum Gasteiger partial charge on any atom is 0.167 e. The minimum Gasteiger partial charge on any atom is -0.497 e. The Hall–Kier alpha value is -3.44. The monoisotopic (exact) mass is 412 g/mol. The maximum atomic E-state index is 10.4. The molecule has 3 N–H and O–H groups in total. The van der Waals surface area contributed by atoms with E-state index in [1.165, 1.54) is 17.2 Å². The first-order valence-electron chi connectivity index (χ1n) is 9.19. The number of anilines is 1. The molecule has 2 aromatic heterocycles. The van der Waals surface area contributed by atoms with Crippen LogP contribution < -0.4 is 10.1 Å². The maximum absolute atomic E-state index is 10.4. The van der Waals surface area contributed by atoms with Crippen molar-refractivity contribution in [3.05, 3.63) is 52.9 Å². The zero-order valence-electron chi connectivity index (χ0n) is 16.0. The van der Waals surface area contributed by atoms with Gasteiger partial charge in [-0.25, -0.2) is 15.0 Å². The average Bonchev–Trinajstić information content (AvgIpc) is 3.33. The fraction of sp³-hybridized carbons (Fsp3) is 0.389. The summed E-state index contributed by atoms with van der Waals surface area (Å²) < 4.78 is 12.4.